The standard InChI is InChI=1S/C23H17BrF3N3O3S/c1-33-19-10-7-14(11-18(19)24)21(32)30-22(34)29-16-8-5-13(6-9-16)20(31)28-17-4-2-3-15(12-17)23(25,26)27/h2-12H,1H3,(H,28,31)(H2,29,30,32,34). The predicted octanol–water partition coefficient (Wildman–Crippen LogP) is 5.86. The number of thiocarbonyl (C=S) groups is 1. The minimum atomic E-state index is -4.51. The van der Waals surface area contributed by atoms with E-state index in [0.29, 0.717) is 21.5 Å². The highest BCUT2D eigenvalue weighted by Gasteiger charge is 2.30. The van der Waals surface area contributed by atoms with Crippen LogP contribution in [-0.2, 0) is 6.18 Å². The van der Waals surface area contributed by atoms with Crippen molar-refractivity contribution in [3.63, 3.8) is 0 Å². The lowest BCUT2D eigenvalue weighted by Crippen LogP contribution is -2.34. The van der Waals surface area contributed by atoms with Gasteiger partial charge in [0.2, 0.25) is 0 Å². The molecule has 3 aromatic rings. The topological polar surface area (TPSA) is 79.5 Å². The highest BCUT2D eigenvalue weighted by Crippen LogP contribution is 2.30. The Labute approximate surface area is 206 Å². The van der Waals surface area contributed by atoms with Crippen LogP contribution in [0.25, 0.3) is 0 Å². The normalized spacial score (nSPS) is 10.9. The van der Waals surface area contributed by atoms with E-state index in [1.807, 2.05) is 0 Å². The molecule has 0 bridgehead atoms. The first kappa shape index (κ1) is 25.2. The summed E-state index contributed by atoms with van der Waals surface area (Å²) in [7, 11) is 1.51. The smallest absolute Gasteiger partial charge is 0.416 e. The van der Waals surface area contributed by atoms with Gasteiger partial charge in [0.15, 0.2) is 5.11 Å². The Morgan fingerprint density at radius 1 is 0.882 bits per heavy atom. The number of hydrogen-bond acceptors (Lipinski definition) is 4. The van der Waals surface area contributed by atoms with Crippen molar-refractivity contribution >= 4 is 56.4 Å². The maximum absolute atomic E-state index is 12.8. The van der Waals surface area contributed by atoms with Crippen molar-refractivity contribution in [2.45, 2.75) is 6.18 Å². The number of halogens is 4. The Bertz CT molecular complexity index is 1230. The monoisotopic (exact) mass is 551 g/mol. The lowest BCUT2D eigenvalue weighted by atomic mass is 10.1. The Kier molecular flexibility index (Phi) is 7.90. The molecule has 0 heterocycles. The number of nitrogens with one attached hydrogen (secondary N) is 3. The lowest BCUT2D eigenvalue weighted by Gasteiger charge is -2.12. The van der Waals surface area contributed by atoms with Gasteiger partial charge in [-0.15, -0.1) is 0 Å². The van der Waals surface area contributed by atoms with Crippen molar-refractivity contribution in [1.82, 2.24) is 5.32 Å². The molecule has 0 aromatic heterocycles. The van der Waals surface area contributed by atoms with Crippen LogP contribution in [0.15, 0.2) is 71.2 Å². The second-order valence-corrected chi connectivity index (χ2v) is 8.13. The average molecular weight is 552 g/mol. The molecule has 0 aliphatic carbocycles. The van der Waals surface area contributed by atoms with E-state index in [9.17, 15) is 22.8 Å². The fourth-order valence-electron chi connectivity index (χ4n) is 2.83. The van der Waals surface area contributed by atoms with Gasteiger partial charge in [0.05, 0.1) is 17.1 Å². The van der Waals surface area contributed by atoms with Gasteiger partial charge in [-0.3, -0.25) is 14.9 Å². The molecule has 11 heteroatoms. The SMILES string of the molecule is COc1ccc(C(=O)NC(=S)Nc2ccc(C(=O)Nc3cccc(C(F)(F)F)c3)cc2)cc1Br. The van der Waals surface area contributed by atoms with Crippen LogP contribution in [0.4, 0.5) is 24.5 Å². The molecule has 6 nitrogen and oxygen atoms in total. The second-order valence-electron chi connectivity index (χ2n) is 6.87. The van der Waals surface area contributed by atoms with Gasteiger partial charge in [-0.2, -0.15) is 13.2 Å². The van der Waals surface area contributed by atoms with Gasteiger partial charge < -0.3 is 15.4 Å². The van der Waals surface area contributed by atoms with Crippen molar-refractivity contribution in [2.24, 2.45) is 0 Å². The molecule has 0 spiro atoms. The number of amides is 2. The molecular weight excluding hydrogens is 535 g/mol. The summed E-state index contributed by atoms with van der Waals surface area (Å²) < 4.78 is 44.3. The molecule has 176 valence electrons. The minimum Gasteiger partial charge on any atom is -0.496 e. The highest BCUT2D eigenvalue weighted by molar-refractivity contribution is 9.10. The summed E-state index contributed by atoms with van der Waals surface area (Å²) in [4.78, 5) is 24.8. The van der Waals surface area contributed by atoms with Gasteiger partial charge in [0, 0.05) is 22.5 Å². The van der Waals surface area contributed by atoms with Gasteiger partial charge in [0.1, 0.15) is 5.75 Å². The van der Waals surface area contributed by atoms with Crippen molar-refractivity contribution in [1.29, 1.82) is 0 Å². The molecule has 3 N–H and O–H groups in total. The zero-order valence-corrected chi connectivity index (χ0v) is 19.9. The minimum absolute atomic E-state index is 0.0242. The van der Waals surface area contributed by atoms with Crippen LogP contribution in [0.5, 0.6) is 5.75 Å². The van der Waals surface area contributed by atoms with Crippen LogP contribution in [0.1, 0.15) is 26.3 Å². The molecule has 0 aliphatic rings. The van der Waals surface area contributed by atoms with Gasteiger partial charge in [-0.05, 0) is 88.8 Å². The van der Waals surface area contributed by atoms with E-state index in [2.05, 4.69) is 31.9 Å². The van der Waals surface area contributed by atoms with E-state index < -0.39 is 23.6 Å². The third kappa shape index (κ3) is 6.55. The van der Waals surface area contributed by atoms with Crippen LogP contribution < -0.4 is 20.7 Å². The summed E-state index contributed by atoms with van der Waals surface area (Å²) >= 11 is 8.47. The molecule has 3 aromatic carbocycles. The summed E-state index contributed by atoms with van der Waals surface area (Å²) in [5, 5.41) is 7.84. The Balaban J connectivity index is 1.59. The summed E-state index contributed by atoms with van der Waals surface area (Å²) in [5.74, 6) is -0.431. The summed E-state index contributed by atoms with van der Waals surface area (Å²) in [5.41, 5.74) is 0.245. The number of hydrogen-bond donors (Lipinski definition) is 3. The third-order valence-corrected chi connectivity index (χ3v) is 5.32. The first-order chi connectivity index (χ1) is 16.1. The number of carbonyl (C=O) groups is 2. The van der Waals surface area contributed by atoms with Gasteiger partial charge in [-0.1, -0.05) is 6.07 Å². The van der Waals surface area contributed by atoms with Crippen LogP contribution >= 0.6 is 28.1 Å². The number of ether oxygens (including phenoxy) is 1. The summed E-state index contributed by atoms with van der Waals surface area (Å²) in [6.07, 6.45) is -4.51. The maximum atomic E-state index is 12.8. The van der Waals surface area contributed by atoms with Crippen molar-refractivity contribution in [3.05, 3.63) is 87.9 Å². The fourth-order valence-corrected chi connectivity index (χ4v) is 3.58. The molecule has 2 amide bonds. The van der Waals surface area contributed by atoms with Gasteiger partial charge in [0.25, 0.3) is 11.8 Å². The molecule has 0 fully saturated rings. The fraction of sp³-hybridized carbons (Fsp3) is 0.0870. The Morgan fingerprint density at radius 3 is 2.18 bits per heavy atom. The Hall–Kier alpha value is -3.44. The molecule has 0 atom stereocenters. The number of alkyl halides is 3. The number of methoxy groups -OCH3 is 1. The van der Waals surface area contributed by atoms with Crippen LogP contribution in [0.2, 0.25) is 0 Å². The number of carbonyl (C=O) groups excluding carboxylic acids is 2. The lowest BCUT2D eigenvalue weighted by molar-refractivity contribution is -0.137. The van der Waals surface area contributed by atoms with Crippen LogP contribution in [0.3, 0.4) is 0 Å². The zero-order chi connectivity index (χ0) is 24.9. The quantitative estimate of drug-likeness (QED) is 0.346. The first-order valence-electron chi connectivity index (χ1n) is 9.61. The van der Waals surface area contributed by atoms with E-state index in [0.717, 1.165) is 12.1 Å². The van der Waals surface area contributed by atoms with E-state index in [4.69, 9.17) is 17.0 Å². The van der Waals surface area contributed by atoms with E-state index in [1.165, 1.54) is 31.4 Å². The highest BCUT2D eigenvalue weighted by atomic mass is 79.9. The van der Waals surface area contributed by atoms with E-state index >= 15 is 0 Å². The first-order valence-corrected chi connectivity index (χ1v) is 10.8. The van der Waals surface area contributed by atoms with Crippen LogP contribution in [-0.4, -0.2) is 24.0 Å². The molecule has 34 heavy (non-hydrogen) atoms. The molecule has 0 saturated carbocycles. The number of benzene rings is 3. The molecule has 0 aliphatic heterocycles. The van der Waals surface area contributed by atoms with Gasteiger partial charge in [-0.25, -0.2) is 0 Å². The molecule has 0 unspecified atom stereocenters. The molecule has 0 saturated heterocycles. The van der Waals surface area contributed by atoms with Crippen molar-refractivity contribution in [3.8, 4) is 5.75 Å². The maximum Gasteiger partial charge on any atom is 0.416 e. The average Bonchev–Trinajstić information content (AvgIpc) is 2.79. The van der Waals surface area contributed by atoms with Gasteiger partial charge >= 0.3 is 6.18 Å². The second kappa shape index (κ2) is 10.7. The number of anilines is 2. The Morgan fingerprint density at radius 2 is 1.56 bits per heavy atom. The molecule has 0 radical (unpaired) electrons. The van der Waals surface area contributed by atoms with Crippen molar-refractivity contribution in [2.75, 3.05) is 17.7 Å². The number of rotatable bonds is 5. The largest absolute Gasteiger partial charge is 0.496 e. The van der Waals surface area contributed by atoms with E-state index in [1.54, 1.807) is 30.3 Å². The third-order valence-electron chi connectivity index (χ3n) is 4.49. The predicted molar refractivity (Wildman–Crippen MR) is 130 cm³/mol. The molecular formula is C23H17BrF3N3O3S. The zero-order valence-electron chi connectivity index (χ0n) is 17.5. The molecule has 3 rings (SSSR count). The van der Waals surface area contributed by atoms with E-state index in [-0.39, 0.29) is 16.4 Å². The summed E-state index contributed by atoms with van der Waals surface area (Å²) in [6, 6.07) is 15.2. The van der Waals surface area contributed by atoms with Crippen LogP contribution in [0, 0.1) is 0 Å². The summed E-state index contributed by atoms with van der Waals surface area (Å²) in [6.45, 7) is 0. The van der Waals surface area contributed by atoms with Crippen molar-refractivity contribution < 1.29 is 27.5 Å².